The van der Waals surface area contributed by atoms with E-state index in [1.807, 2.05) is 25.4 Å². The van der Waals surface area contributed by atoms with Crippen LogP contribution in [0.5, 0.6) is 0 Å². The average molecular weight is 300 g/mol. The Labute approximate surface area is 133 Å². The third kappa shape index (κ3) is 3.99. The zero-order valence-corrected chi connectivity index (χ0v) is 13.6. The molecule has 0 saturated heterocycles. The van der Waals surface area contributed by atoms with Crippen LogP contribution in [0, 0.1) is 17.8 Å². The molecule has 1 heterocycles. The molecule has 0 radical (unpaired) electrons. The van der Waals surface area contributed by atoms with Crippen LogP contribution in [0.4, 0.5) is 0 Å². The third-order valence-electron chi connectivity index (χ3n) is 5.32. The maximum Gasteiger partial charge on any atom is 0.190 e. The molecule has 3 atom stereocenters. The Morgan fingerprint density at radius 2 is 2.14 bits per heavy atom. The Morgan fingerprint density at radius 1 is 1.23 bits per heavy atom. The zero-order valence-electron chi connectivity index (χ0n) is 13.6. The van der Waals surface area contributed by atoms with Crippen molar-refractivity contribution in [2.24, 2.45) is 22.7 Å². The first-order chi connectivity index (χ1) is 10.8. The van der Waals surface area contributed by atoms with E-state index in [2.05, 4.69) is 26.7 Å². The zero-order chi connectivity index (χ0) is 15.2. The topological polar surface area (TPSA) is 49.3 Å². The molecule has 0 spiro atoms. The van der Waals surface area contributed by atoms with Crippen molar-refractivity contribution in [1.29, 1.82) is 0 Å². The number of hydrogen-bond donors (Lipinski definition) is 2. The Balaban J connectivity index is 1.32. The van der Waals surface area contributed by atoms with Crippen molar-refractivity contribution in [3.63, 3.8) is 0 Å². The summed E-state index contributed by atoms with van der Waals surface area (Å²) in [6, 6.07) is 6.05. The molecule has 22 heavy (non-hydrogen) atoms. The lowest BCUT2D eigenvalue weighted by Crippen LogP contribution is -2.39. The molecule has 2 N–H and O–H groups in total. The number of nitrogens with zero attached hydrogens (tertiary/aromatic N) is 2. The molecule has 4 nitrogen and oxygen atoms in total. The van der Waals surface area contributed by atoms with Crippen molar-refractivity contribution in [1.82, 2.24) is 15.6 Å². The summed E-state index contributed by atoms with van der Waals surface area (Å²) in [6.07, 6.45) is 10.0. The standard InChI is InChI=1S/C18H28N4/c1-19-18(22-11-8-17-4-2-3-9-20-17)21-10-7-16-13-14-5-6-15(16)12-14/h2-4,9,14-16H,5-8,10-13H2,1H3,(H2,19,21,22). The van der Waals surface area contributed by atoms with Gasteiger partial charge < -0.3 is 10.6 Å². The molecule has 3 unspecified atom stereocenters. The fourth-order valence-corrected chi connectivity index (χ4v) is 4.18. The van der Waals surface area contributed by atoms with Gasteiger partial charge in [-0.15, -0.1) is 0 Å². The lowest BCUT2D eigenvalue weighted by molar-refractivity contribution is 0.315. The predicted molar refractivity (Wildman–Crippen MR) is 90.9 cm³/mol. The van der Waals surface area contributed by atoms with Gasteiger partial charge in [-0.3, -0.25) is 9.98 Å². The fourth-order valence-electron chi connectivity index (χ4n) is 4.18. The van der Waals surface area contributed by atoms with Crippen LogP contribution in [-0.2, 0) is 6.42 Å². The highest BCUT2D eigenvalue weighted by Gasteiger charge is 2.38. The van der Waals surface area contributed by atoms with Crippen molar-refractivity contribution in [3.05, 3.63) is 30.1 Å². The van der Waals surface area contributed by atoms with Gasteiger partial charge in [-0.1, -0.05) is 12.5 Å². The van der Waals surface area contributed by atoms with Gasteiger partial charge >= 0.3 is 0 Å². The lowest BCUT2D eigenvalue weighted by Gasteiger charge is -2.22. The molecule has 1 aromatic heterocycles. The molecule has 120 valence electrons. The van der Waals surface area contributed by atoms with Crippen molar-refractivity contribution in [2.45, 2.75) is 38.5 Å². The van der Waals surface area contributed by atoms with E-state index in [1.165, 1.54) is 32.1 Å². The third-order valence-corrected chi connectivity index (χ3v) is 5.32. The Hall–Kier alpha value is -1.58. The van der Waals surface area contributed by atoms with E-state index in [0.717, 1.165) is 48.9 Å². The summed E-state index contributed by atoms with van der Waals surface area (Å²) in [5.74, 6) is 3.94. The molecular weight excluding hydrogens is 272 g/mol. The van der Waals surface area contributed by atoms with Crippen LogP contribution in [0.15, 0.2) is 29.4 Å². The van der Waals surface area contributed by atoms with Gasteiger partial charge in [-0.25, -0.2) is 0 Å². The SMILES string of the molecule is CN=C(NCCc1ccccn1)NCCC1CC2CCC1C2. The van der Waals surface area contributed by atoms with Crippen molar-refractivity contribution < 1.29 is 0 Å². The van der Waals surface area contributed by atoms with E-state index in [9.17, 15) is 0 Å². The van der Waals surface area contributed by atoms with E-state index in [0.29, 0.717) is 0 Å². The molecule has 4 heteroatoms. The number of aromatic nitrogens is 1. The second-order valence-corrected chi connectivity index (χ2v) is 6.72. The normalized spacial score (nSPS) is 27.1. The minimum Gasteiger partial charge on any atom is -0.356 e. The number of rotatable bonds is 6. The van der Waals surface area contributed by atoms with Crippen LogP contribution < -0.4 is 10.6 Å². The van der Waals surface area contributed by atoms with Gasteiger partial charge in [-0.05, 0) is 55.6 Å². The van der Waals surface area contributed by atoms with E-state index in [-0.39, 0.29) is 0 Å². The summed E-state index contributed by atoms with van der Waals surface area (Å²) in [7, 11) is 1.84. The highest BCUT2D eigenvalue weighted by atomic mass is 15.2. The van der Waals surface area contributed by atoms with Gasteiger partial charge in [0, 0.05) is 38.4 Å². The number of pyridine rings is 1. The quantitative estimate of drug-likeness (QED) is 0.627. The van der Waals surface area contributed by atoms with Crippen molar-refractivity contribution in [3.8, 4) is 0 Å². The van der Waals surface area contributed by atoms with E-state index in [4.69, 9.17) is 0 Å². The van der Waals surface area contributed by atoms with Gasteiger partial charge in [0.05, 0.1) is 0 Å². The Bertz CT molecular complexity index is 485. The first-order valence-electron chi connectivity index (χ1n) is 8.69. The number of aliphatic imine (C=N–C) groups is 1. The van der Waals surface area contributed by atoms with Crippen molar-refractivity contribution in [2.75, 3.05) is 20.1 Å². The van der Waals surface area contributed by atoms with Crippen LogP contribution in [-0.4, -0.2) is 31.1 Å². The minimum absolute atomic E-state index is 0.866. The summed E-state index contributed by atoms with van der Waals surface area (Å²) in [5.41, 5.74) is 1.12. The summed E-state index contributed by atoms with van der Waals surface area (Å²) < 4.78 is 0. The second-order valence-electron chi connectivity index (χ2n) is 6.72. The molecule has 2 aliphatic carbocycles. The average Bonchev–Trinajstić information content (AvgIpc) is 3.17. The second kappa shape index (κ2) is 7.61. The first-order valence-corrected chi connectivity index (χ1v) is 8.69. The van der Waals surface area contributed by atoms with Gasteiger partial charge in [0.2, 0.25) is 0 Å². The highest BCUT2D eigenvalue weighted by Crippen LogP contribution is 2.49. The molecule has 2 aliphatic rings. The maximum absolute atomic E-state index is 4.34. The molecule has 1 aromatic rings. The number of guanidine groups is 1. The molecule has 0 aromatic carbocycles. The predicted octanol–water partition coefficient (Wildman–Crippen LogP) is 2.62. The first kappa shape index (κ1) is 15.3. The summed E-state index contributed by atoms with van der Waals surface area (Å²) in [5, 5.41) is 6.84. The molecule has 0 amide bonds. The summed E-state index contributed by atoms with van der Waals surface area (Å²) >= 11 is 0. The van der Waals surface area contributed by atoms with Gasteiger partial charge in [0.1, 0.15) is 0 Å². The van der Waals surface area contributed by atoms with Crippen LogP contribution in [0.3, 0.4) is 0 Å². The van der Waals surface area contributed by atoms with Crippen LogP contribution in [0.1, 0.15) is 37.8 Å². The maximum atomic E-state index is 4.34. The molecule has 2 fully saturated rings. The smallest absolute Gasteiger partial charge is 0.190 e. The largest absolute Gasteiger partial charge is 0.356 e. The Kier molecular flexibility index (Phi) is 5.30. The molecular formula is C18H28N4. The fraction of sp³-hybridized carbons (Fsp3) is 0.667. The van der Waals surface area contributed by atoms with E-state index >= 15 is 0 Å². The minimum atomic E-state index is 0.866. The summed E-state index contributed by atoms with van der Waals surface area (Å²) in [6.45, 7) is 1.90. The van der Waals surface area contributed by atoms with Crippen LogP contribution in [0.25, 0.3) is 0 Å². The molecule has 3 rings (SSSR count). The monoisotopic (exact) mass is 300 g/mol. The number of nitrogens with one attached hydrogen (secondary N) is 2. The molecule has 2 saturated carbocycles. The number of hydrogen-bond acceptors (Lipinski definition) is 2. The van der Waals surface area contributed by atoms with Gasteiger partial charge in [-0.2, -0.15) is 0 Å². The summed E-state index contributed by atoms with van der Waals surface area (Å²) in [4.78, 5) is 8.64. The van der Waals surface area contributed by atoms with Crippen LogP contribution in [0.2, 0.25) is 0 Å². The Morgan fingerprint density at radius 3 is 2.82 bits per heavy atom. The molecule has 0 aliphatic heterocycles. The highest BCUT2D eigenvalue weighted by molar-refractivity contribution is 5.79. The van der Waals surface area contributed by atoms with E-state index in [1.54, 1.807) is 0 Å². The van der Waals surface area contributed by atoms with Gasteiger partial charge in [0.25, 0.3) is 0 Å². The van der Waals surface area contributed by atoms with Crippen molar-refractivity contribution >= 4 is 5.96 Å². The number of fused-ring (bicyclic) bond motifs is 2. The molecule has 2 bridgehead atoms. The van der Waals surface area contributed by atoms with Crippen LogP contribution >= 0.6 is 0 Å². The van der Waals surface area contributed by atoms with Gasteiger partial charge in [0.15, 0.2) is 5.96 Å². The lowest BCUT2D eigenvalue weighted by atomic mass is 9.86. The van der Waals surface area contributed by atoms with E-state index < -0.39 is 0 Å².